The predicted molar refractivity (Wildman–Crippen MR) is 62.7 cm³/mol. The molecule has 0 bridgehead atoms. The molecule has 0 saturated carbocycles. The van der Waals surface area contributed by atoms with Gasteiger partial charge in [0.15, 0.2) is 0 Å². The molecule has 0 fully saturated rings. The van der Waals surface area contributed by atoms with E-state index in [1.165, 1.54) is 38.5 Å². The fraction of sp³-hybridized carbons (Fsp3) is 1.00. The van der Waals surface area contributed by atoms with Crippen LogP contribution in [0, 0.1) is 0 Å². The molecule has 1 N–H and O–H groups in total. The van der Waals surface area contributed by atoms with Crippen LogP contribution in [0.15, 0.2) is 0 Å². The molecule has 0 atom stereocenters. The Labute approximate surface area is 89.4 Å². The van der Waals surface area contributed by atoms with Gasteiger partial charge in [-0.2, -0.15) is 0 Å². The Kier molecular flexibility index (Phi) is 12.8. The lowest BCUT2D eigenvalue weighted by Crippen LogP contribution is -2.13. The van der Waals surface area contributed by atoms with Crippen LogP contribution < -0.4 is 5.32 Å². The third-order valence-corrected chi connectivity index (χ3v) is 2.28. The van der Waals surface area contributed by atoms with E-state index in [-0.39, 0.29) is 0 Å². The summed E-state index contributed by atoms with van der Waals surface area (Å²) in [5, 5.41) is 3.33. The molecule has 0 aromatic rings. The first kappa shape index (κ1) is 13.9. The van der Waals surface area contributed by atoms with Crippen molar-refractivity contribution >= 4 is 0 Å². The maximum Gasteiger partial charge on any atom is 0.0466 e. The lowest BCUT2D eigenvalue weighted by molar-refractivity contribution is 0.126. The number of rotatable bonds is 11. The zero-order valence-corrected chi connectivity index (χ0v) is 9.98. The molecule has 0 heterocycles. The molecule has 0 aliphatic heterocycles. The zero-order chi connectivity index (χ0) is 10.5. The van der Waals surface area contributed by atoms with Crippen molar-refractivity contribution in [3.8, 4) is 0 Å². The SMILES string of the molecule is CCCCCOCCCCCNCC. The van der Waals surface area contributed by atoms with Gasteiger partial charge in [-0.25, -0.2) is 0 Å². The third-order valence-electron chi connectivity index (χ3n) is 2.28. The summed E-state index contributed by atoms with van der Waals surface area (Å²) in [6.07, 6.45) is 7.62. The van der Waals surface area contributed by atoms with Gasteiger partial charge in [0.2, 0.25) is 0 Å². The van der Waals surface area contributed by atoms with E-state index >= 15 is 0 Å². The summed E-state index contributed by atoms with van der Waals surface area (Å²) in [7, 11) is 0. The summed E-state index contributed by atoms with van der Waals surface area (Å²) in [6.45, 7) is 8.54. The van der Waals surface area contributed by atoms with E-state index in [1.54, 1.807) is 0 Å². The summed E-state index contributed by atoms with van der Waals surface area (Å²) >= 11 is 0. The van der Waals surface area contributed by atoms with Gasteiger partial charge in [0.05, 0.1) is 0 Å². The molecule has 0 spiro atoms. The maximum absolute atomic E-state index is 5.52. The molecule has 0 rings (SSSR count). The van der Waals surface area contributed by atoms with Crippen molar-refractivity contribution in [1.29, 1.82) is 0 Å². The number of nitrogens with one attached hydrogen (secondary N) is 1. The smallest absolute Gasteiger partial charge is 0.0466 e. The molecule has 14 heavy (non-hydrogen) atoms. The summed E-state index contributed by atoms with van der Waals surface area (Å²) in [5.74, 6) is 0. The Morgan fingerprint density at radius 1 is 0.857 bits per heavy atom. The molecule has 0 radical (unpaired) electrons. The van der Waals surface area contributed by atoms with Crippen LogP contribution in [0.3, 0.4) is 0 Å². The molecule has 0 amide bonds. The summed E-state index contributed by atoms with van der Waals surface area (Å²) in [6, 6.07) is 0. The van der Waals surface area contributed by atoms with E-state index in [0.29, 0.717) is 0 Å². The first-order chi connectivity index (χ1) is 6.91. The van der Waals surface area contributed by atoms with Crippen LogP contribution in [-0.4, -0.2) is 26.3 Å². The molecule has 0 saturated heterocycles. The lowest BCUT2D eigenvalue weighted by Gasteiger charge is -2.04. The Morgan fingerprint density at radius 3 is 2.21 bits per heavy atom. The summed E-state index contributed by atoms with van der Waals surface area (Å²) in [4.78, 5) is 0. The highest BCUT2D eigenvalue weighted by atomic mass is 16.5. The maximum atomic E-state index is 5.52. The minimum atomic E-state index is 0.954. The van der Waals surface area contributed by atoms with E-state index < -0.39 is 0 Å². The minimum absolute atomic E-state index is 0.954. The monoisotopic (exact) mass is 201 g/mol. The predicted octanol–water partition coefficient (Wildman–Crippen LogP) is 2.97. The Hall–Kier alpha value is -0.0800. The van der Waals surface area contributed by atoms with Crippen molar-refractivity contribution in [2.24, 2.45) is 0 Å². The molecule has 0 aromatic carbocycles. The van der Waals surface area contributed by atoms with Gasteiger partial charge in [-0.1, -0.05) is 26.7 Å². The van der Waals surface area contributed by atoms with Gasteiger partial charge in [0.25, 0.3) is 0 Å². The van der Waals surface area contributed by atoms with Crippen molar-refractivity contribution in [3.05, 3.63) is 0 Å². The fourth-order valence-electron chi connectivity index (χ4n) is 1.36. The molecule has 86 valence electrons. The van der Waals surface area contributed by atoms with Crippen LogP contribution in [-0.2, 0) is 4.74 Å². The van der Waals surface area contributed by atoms with Crippen molar-refractivity contribution in [3.63, 3.8) is 0 Å². The Bertz CT molecular complexity index is 84.3. The van der Waals surface area contributed by atoms with E-state index in [4.69, 9.17) is 4.74 Å². The molecular weight excluding hydrogens is 174 g/mol. The molecule has 2 nitrogen and oxygen atoms in total. The number of ether oxygens (including phenoxy) is 1. The second kappa shape index (κ2) is 12.9. The molecule has 0 unspecified atom stereocenters. The van der Waals surface area contributed by atoms with E-state index in [9.17, 15) is 0 Å². The van der Waals surface area contributed by atoms with Crippen molar-refractivity contribution < 1.29 is 4.74 Å². The average Bonchev–Trinajstić information content (AvgIpc) is 2.21. The van der Waals surface area contributed by atoms with Gasteiger partial charge in [-0.05, 0) is 38.8 Å². The molecule has 0 aliphatic carbocycles. The first-order valence-corrected chi connectivity index (χ1v) is 6.20. The van der Waals surface area contributed by atoms with Gasteiger partial charge in [0, 0.05) is 13.2 Å². The number of hydrogen-bond donors (Lipinski definition) is 1. The van der Waals surface area contributed by atoms with Crippen molar-refractivity contribution in [2.45, 2.75) is 52.4 Å². The molecule has 2 heteroatoms. The van der Waals surface area contributed by atoms with E-state index in [0.717, 1.165) is 26.3 Å². The van der Waals surface area contributed by atoms with Crippen LogP contribution in [0.5, 0.6) is 0 Å². The fourth-order valence-corrected chi connectivity index (χ4v) is 1.36. The molecule has 0 aromatic heterocycles. The quantitative estimate of drug-likeness (QED) is 0.519. The van der Waals surface area contributed by atoms with Crippen molar-refractivity contribution in [1.82, 2.24) is 5.32 Å². The summed E-state index contributed by atoms with van der Waals surface area (Å²) < 4.78 is 5.52. The van der Waals surface area contributed by atoms with Gasteiger partial charge in [-0.15, -0.1) is 0 Å². The van der Waals surface area contributed by atoms with Gasteiger partial charge in [-0.3, -0.25) is 0 Å². The van der Waals surface area contributed by atoms with E-state index in [2.05, 4.69) is 19.2 Å². The van der Waals surface area contributed by atoms with E-state index in [1.807, 2.05) is 0 Å². The second-order valence-corrected chi connectivity index (χ2v) is 3.73. The van der Waals surface area contributed by atoms with Crippen LogP contribution in [0.1, 0.15) is 52.4 Å². The highest BCUT2D eigenvalue weighted by Gasteiger charge is 1.90. The molecular formula is C12H27NO. The first-order valence-electron chi connectivity index (χ1n) is 6.20. The standard InChI is InChI=1S/C12H27NO/c1-3-5-8-11-14-12-9-6-7-10-13-4-2/h13H,3-12H2,1-2H3. The highest BCUT2D eigenvalue weighted by Crippen LogP contribution is 1.97. The van der Waals surface area contributed by atoms with Crippen molar-refractivity contribution in [2.75, 3.05) is 26.3 Å². The normalized spacial score (nSPS) is 10.7. The van der Waals surface area contributed by atoms with Crippen LogP contribution in [0.4, 0.5) is 0 Å². The van der Waals surface area contributed by atoms with Crippen LogP contribution in [0.25, 0.3) is 0 Å². The minimum Gasteiger partial charge on any atom is -0.381 e. The zero-order valence-electron chi connectivity index (χ0n) is 9.98. The summed E-state index contributed by atoms with van der Waals surface area (Å²) in [5.41, 5.74) is 0. The largest absolute Gasteiger partial charge is 0.381 e. The number of hydrogen-bond acceptors (Lipinski definition) is 2. The Balaban J connectivity index is 2.78. The molecule has 0 aliphatic rings. The second-order valence-electron chi connectivity index (χ2n) is 3.73. The van der Waals surface area contributed by atoms with Crippen LogP contribution in [0.2, 0.25) is 0 Å². The third kappa shape index (κ3) is 11.9. The van der Waals surface area contributed by atoms with Gasteiger partial charge >= 0.3 is 0 Å². The average molecular weight is 201 g/mol. The van der Waals surface area contributed by atoms with Crippen LogP contribution >= 0.6 is 0 Å². The topological polar surface area (TPSA) is 21.3 Å². The number of unbranched alkanes of at least 4 members (excludes halogenated alkanes) is 4. The highest BCUT2D eigenvalue weighted by molar-refractivity contribution is 4.46. The Morgan fingerprint density at radius 2 is 1.57 bits per heavy atom. The van der Waals surface area contributed by atoms with Gasteiger partial charge < -0.3 is 10.1 Å². The van der Waals surface area contributed by atoms with Gasteiger partial charge in [0.1, 0.15) is 0 Å². The lowest BCUT2D eigenvalue weighted by atomic mass is 10.2.